The van der Waals surface area contributed by atoms with Crippen LogP contribution in [-0.4, -0.2) is 50.9 Å². The molecular weight excluding hydrogens is 286 g/mol. The summed E-state index contributed by atoms with van der Waals surface area (Å²) in [6, 6.07) is 8.12. The quantitative estimate of drug-likeness (QED) is 0.790. The van der Waals surface area contributed by atoms with Gasteiger partial charge in [0, 0.05) is 14.1 Å². The molecule has 2 rings (SSSR count). The molecular formula is C14H19N5OS. The largest absolute Gasteiger partial charge is 0.348 e. The van der Waals surface area contributed by atoms with Crippen molar-refractivity contribution in [2.24, 2.45) is 0 Å². The van der Waals surface area contributed by atoms with Crippen molar-refractivity contribution in [1.29, 1.82) is 0 Å². The summed E-state index contributed by atoms with van der Waals surface area (Å²) in [5.41, 5.74) is 2.16. The van der Waals surface area contributed by atoms with Crippen LogP contribution in [0.1, 0.15) is 25.3 Å². The molecule has 0 saturated heterocycles. The van der Waals surface area contributed by atoms with E-state index in [1.165, 1.54) is 17.3 Å². The van der Waals surface area contributed by atoms with Gasteiger partial charge in [-0.15, -0.1) is 5.10 Å². The maximum atomic E-state index is 11.6. The summed E-state index contributed by atoms with van der Waals surface area (Å²) in [4.78, 5) is 13.2. The summed E-state index contributed by atoms with van der Waals surface area (Å²) in [5.74, 6) is 0.835. The van der Waals surface area contributed by atoms with Gasteiger partial charge in [-0.05, 0) is 34.0 Å². The minimum Gasteiger partial charge on any atom is -0.348 e. The molecule has 21 heavy (non-hydrogen) atoms. The Morgan fingerprint density at radius 3 is 2.52 bits per heavy atom. The molecule has 7 heteroatoms. The third-order valence-electron chi connectivity index (χ3n) is 3.07. The highest BCUT2D eigenvalue weighted by molar-refractivity contribution is 7.99. The molecule has 0 bridgehead atoms. The van der Waals surface area contributed by atoms with Crippen LogP contribution in [0.5, 0.6) is 0 Å². The first kappa shape index (κ1) is 15.5. The fourth-order valence-electron chi connectivity index (χ4n) is 1.69. The van der Waals surface area contributed by atoms with Crippen LogP contribution in [0.25, 0.3) is 5.69 Å². The van der Waals surface area contributed by atoms with Crippen LogP contribution < -0.4 is 0 Å². The van der Waals surface area contributed by atoms with Crippen molar-refractivity contribution < 1.29 is 4.79 Å². The van der Waals surface area contributed by atoms with E-state index in [-0.39, 0.29) is 5.91 Å². The molecule has 0 fully saturated rings. The number of rotatable bonds is 5. The van der Waals surface area contributed by atoms with Crippen molar-refractivity contribution in [2.75, 3.05) is 19.8 Å². The maximum Gasteiger partial charge on any atom is 0.232 e. The molecule has 6 nitrogen and oxygen atoms in total. The van der Waals surface area contributed by atoms with Crippen LogP contribution in [-0.2, 0) is 4.79 Å². The average Bonchev–Trinajstić information content (AvgIpc) is 2.93. The average molecular weight is 305 g/mol. The molecule has 0 radical (unpaired) electrons. The summed E-state index contributed by atoms with van der Waals surface area (Å²) in [6.07, 6.45) is 0. The number of tetrazole rings is 1. The third kappa shape index (κ3) is 3.81. The van der Waals surface area contributed by atoms with Crippen LogP contribution in [0.4, 0.5) is 0 Å². The second-order valence-corrected chi connectivity index (χ2v) is 6.14. The van der Waals surface area contributed by atoms with E-state index in [1.807, 2.05) is 12.1 Å². The first-order valence-electron chi connectivity index (χ1n) is 6.70. The summed E-state index contributed by atoms with van der Waals surface area (Å²) >= 11 is 1.33. The highest BCUT2D eigenvalue weighted by Crippen LogP contribution is 2.20. The van der Waals surface area contributed by atoms with Gasteiger partial charge in [-0.25, -0.2) is 0 Å². The highest BCUT2D eigenvalue weighted by atomic mass is 32.2. The number of hydrogen-bond donors (Lipinski definition) is 0. The van der Waals surface area contributed by atoms with Crippen molar-refractivity contribution in [3.8, 4) is 5.69 Å². The molecule has 0 saturated carbocycles. The van der Waals surface area contributed by atoms with Crippen molar-refractivity contribution >= 4 is 17.7 Å². The summed E-state index contributed by atoms with van der Waals surface area (Å²) in [6.45, 7) is 4.31. The molecule has 2 aromatic rings. The maximum absolute atomic E-state index is 11.6. The number of carbonyl (C=O) groups excluding carboxylic acids is 1. The van der Waals surface area contributed by atoms with E-state index in [2.05, 4.69) is 41.5 Å². The van der Waals surface area contributed by atoms with E-state index in [9.17, 15) is 4.79 Å². The molecule has 0 aliphatic carbocycles. The second kappa shape index (κ2) is 6.71. The summed E-state index contributed by atoms with van der Waals surface area (Å²) < 4.78 is 1.65. The van der Waals surface area contributed by atoms with E-state index in [0.717, 1.165) is 5.69 Å². The number of aromatic nitrogens is 4. The third-order valence-corrected chi connectivity index (χ3v) is 3.97. The van der Waals surface area contributed by atoms with Gasteiger partial charge in [0.25, 0.3) is 0 Å². The van der Waals surface area contributed by atoms with Crippen LogP contribution in [0.15, 0.2) is 29.4 Å². The van der Waals surface area contributed by atoms with Crippen LogP contribution in [0.3, 0.4) is 0 Å². The van der Waals surface area contributed by atoms with Gasteiger partial charge >= 0.3 is 0 Å². The lowest BCUT2D eigenvalue weighted by molar-refractivity contribution is -0.125. The Bertz CT molecular complexity index is 606. The fraction of sp³-hybridized carbons (Fsp3) is 0.429. The predicted octanol–water partition coefficient (Wildman–Crippen LogP) is 1.97. The zero-order chi connectivity index (χ0) is 15.4. The number of hydrogen-bond acceptors (Lipinski definition) is 5. The molecule has 1 aromatic heterocycles. The predicted molar refractivity (Wildman–Crippen MR) is 82.7 cm³/mol. The van der Waals surface area contributed by atoms with Gasteiger partial charge in [0.05, 0.1) is 11.4 Å². The molecule has 1 heterocycles. The molecule has 0 unspecified atom stereocenters. The van der Waals surface area contributed by atoms with E-state index in [0.29, 0.717) is 16.8 Å². The Labute approximate surface area is 128 Å². The lowest BCUT2D eigenvalue weighted by Gasteiger charge is -2.10. The Morgan fingerprint density at radius 2 is 1.95 bits per heavy atom. The monoisotopic (exact) mass is 305 g/mol. The zero-order valence-electron chi connectivity index (χ0n) is 12.6. The van der Waals surface area contributed by atoms with E-state index in [4.69, 9.17) is 0 Å². The first-order chi connectivity index (χ1) is 9.99. The van der Waals surface area contributed by atoms with Gasteiger partial charge in [-0.2, -0.15) is 4.68 Å². The molecule has 112 valence electrons. The Hall–Kier alpha value is -1.89. The molecule has 1 aromatic carbocycles. The van der Waals surface area contributed by atoms with Crippen LogP contribution in [0, 0.1) is 0 Å². The summed E-state index contributed by atoms with van der Waals surface area (Å²) in [7, 11) is 3.47. The standard InChI is InChI=1S/C14H19N5OS/c1-10(2)11-5-7-12(8-6-11)19-14(15-16-17-19)21-9-13(20)18(3)4/h5-8,10H,9H2,1-4H3. The van der Waals surface area contributed by atoms with Gasteiger partial charge in [0.2, 0.25) is 11.1 Å². The SMILES string of the molecule is CC(C)c1ccc(-n2nnnc2SCC(=O)N(C)C)cc1. The molecule has 0 aliphatic rings. The van der Waals surface area contributed by atoms with Gasteiger partial charge < -0.3 is 4.90 Å². The number of amides is 1. The first-order valence-corrected chi connectivity index (χ1v) is 7.69. The Morgan fingerprint density at radius 1 is 1.29 bits per heavy atom. The van der Waals surface area contributed by atoms with Crippen LogP contribution >= 0.6 is 11.8 Å². The van der Waals surface area contributed by atoms with Crippen molar-refractivity contribution in [1.82, 2.24) is 25.1 Å². The fourth-order valence-corrected chi connectivity index (χ4v) is 2.56. The molecule has 1 amide bonds. The van der Waals surface area contributed by atoms with Crippen molar-refractivity contribution in [3.63, 3.8) is 0 Å². The molecule has 0 N–H and O–H groups in total. The van der Waals surface area contributed by atoms with Gasteiger partial charge in [-0.1, -0.05) is 37.7 Å². The van der Waals surface area contributed by atoms with E-state index >= 15 is 0 Å². The second-order valence-electron chi connectivity index (χ2n) is 5.20. The van der Waals surface area contributed by atoms with E-state index in [1.54, 1.807) is 23.7 Å². The summed E-state index contributed by atoms with van der Waals surface area (Å²) in [5, 5.41) is 12.3. The Kier molecular flexibility index (Phi) is 4.95. The van der Waals surface area contributed by atoms with E-state index < -0.39 is 0 Å². The van der Waals surface area contributed by atoms with Gasteiger partial charge in [0.1, 0.15) is 0 Å². The lowest BCUT2D eigenvalue weighted by atomic mass is 10.0. The number of thioether (sulfide) groups is 1. The number of benzene rings is 1. The van der Waals surface area contributed by atoms with Crippen LogP contribution in [0.2, 0.25) is 0 Å². The smallest absolute Gasteiger partial charge is 0.232 e. The van der Waals surface area contributed by atoms with Crippen molar-refractivity contribution in [2.45, 2.75) is 24.9 Å². The topological polar surface area (TPSA) is 63.9 Å². The van der Waals surface area contributed by atoms with Gasteiger partial charge in [-0.3, -0.25) is 4.79 Å². The number of nitrogens with zero attached hydrogens (tertiary/aromatic N) is 5. The van der Waals surface area contributed by atoms with Gasteiger partial charge in [0.15, 0.2) is 0 Å². The lowest BCUT2D eigenvalue weighted by Crippen LogP contribution is -2.23. The highest BCUT2D eigenvalue weighted by Gasteiger charge is 2.12. The minimum atomic E-state index is 0.0321. The number of carbonyl (C=O) groups is 1. The Balaban J connectivity index is 2.14. The minimum absolute atomic E-state index is 0.0321. The normalized spacial score (nSPS) is 10.9. The molecule has 0 atom stereocenters. The molecule has 0 aliphatic heterocycles. The van der Waals surface area contributed by atoms with Crippen molar-refractivity contribution in [3.05, 3.63) is 29.8 Å². The zero-order valence-corrected chi connectivity index (χ0v) is 13.5. The molecule has 0 spiro atoms.